The number of unbranched alkanes of at least 4 members (excludes halogenated alkanes) is 1. The van der Waals surface area contributed by atoms with Crippen molar-refractivity contribution in [3.8, 4) is 0 Å². The molecule has 1 fully saturated rings. The SMILES string of the molecule is CCCCc1ccc(N2C[C@@H](C(=O)OCc3ccc(Cl)cc3)CC2=O)cc1. The van der Waals surface area contributed by atoms with Gasteiger partial charge in [-0.3, -0.25) is 9.59 Å². The number of hydrogen-bond donors (Lipinski definition) is 0. The average molecular weight is 386 g/mol. The Morgan fingerprint density at radius 2 is 1.78 bits per heavy atom. The van der Waals surface area contributed by atoms with Crippen LogP contribution in [0.15, 0.2) is 48.5 Å². The highest BCUT2D eigenvalue weighted by atomic mass is 35.5. The fourth-order valence-electron chi connectivity index (χ4n) is 3.19. The van der Waals surface area contributed by atoms with Crippen LogP contribution in [0.25, 0.3) is 0 Å². The first-order chi connectivity index (χ1) is 13.1. The monoisotopic (exact) mass is 385 g/mol. The molecule has 27 heavy (non-hydrogen) atoms. The van der Waals surface area contributed by atoms with E-state index in [1.807, 2.05) is 24.3 Å². The molecule has 3 rings (SSSR count). The van der Waals surface area contributed by atoms with Gasteiger partial charge in [-0.1, -0.05) is 49.2 Å². The fourth-order valence-corrected chi connectivity index (χ4v) is 3.32. The van der Waals surface area contributed by atoms with E-state index in [-0.39, 0.29) is 24.9 Å². The number of hydrogen-bond acceptors (Lipinski definition) is 3. The van der Waals surface area contributed by atoms with Gasteiger partial charge in [0.2, 0.25) is 5.91 Å². The van der Waals surface area contributed by atoms with Gasteiger partial charge in [0.1, 0.15) is 6.61 Å². The van der Waals surface area contributed by atoms with Gasteiger partial charge < -0.3 is 9.64 Å². The minimum atomic E-state index is -0.426. The normalized spacial score (nSPS) is 16.6. The van der Waals surface area contributed by atoms with Crippen LogP contribution >= 0.6 is 11.6 Å². The van der Waals surface area contributed by atoms with Crippen LogP contribution in [-0.4, -0.2) is 18.4 Å². The molecule has 1 amide bonds. The lowest BCUT2D eigenvalue weighted by Crippen LogP contribution is -2.26. The van der Waals surface area contributed by atoms with Crippen molar-refractivity contribution in [1.29, 1.82) is 0 Å². The minimum absolute atomic E-state index is 0.0373. The van der Waals surface area contributed by atoms with Crippen molar-refractivity contribution >= 4 is 29.2 Å². The Labute approximate surface area is 165 Å². The number of rotatable bonds is 7. The topological polar surface area (TPSA) is 46.6 Å². The smallest absolute Gasteiger partial charge is 0.311 e. The maximum atomic E-state index is 12.4. The van der Waals surface area contributed by atoms with E-state index in [0.717, 1.165) is 30.5 Å². The molecule has 0 aliphatic carbocycles. The summed E-state index contributed by atoms with van der Waals surface area (Å²) < 4.78 is 5.39. The molecule has 1 atom stereocenters. The highest BCUT2D eigenvalue weighted by molar-refractivity contribution is 6.30. The van der Waals surface area contributed by atoms with Gasteiger partial charge >= 0.3 is 5.97 Å². The molecule has 1 heterocycles. The summed E-state index contributed by atoms with van der Waals surface area (Å²) in [5.41, 5.74) is 2.98. The molecule has 2 aromatic rings. The van der Waals surface area contributed by atoms with Crippen molar-refractivity contribution < 1.29 is 14.3 Å². The summed E-state index contributed by atoms with van der Waals surface area (Å²) in [4.78, 5) is 26.4. The summed E-state index contributed by atoms with van der Waals surface area (Å²) in [6.45, 7) is 2.73. The van der Waals surface area contributed by atoms with Gasteiger partial charge in [-0.2, -0.15) is 0 Å². The molecule has 0 N–H and O–H groups in total. The Morgan fingerprint density at radius 1 is 1.11 bits per heavy atom. The molecule has 2 aromatic carbocycles. The maximum absolute atomic E-state index is 12.4. The number of aryl methyl sites for hydroxylation is 1. The third-order valence-electron chi connectivity index (χ3n) is 4.82. The Hall–Kier alpha value is -2.33. The number of carbonyl (C=O) groups is 2. The molecule has 0 bridgehead atoms. The van der Waals surface area contributed by atoms with Crippen LogP contribution in [0.1, 0.15) is 37.3 Å². The number of carbonyl (C=O) groups excluding carboxylic acids is 2. The second-order valence-corrected chi connectivity index (χ2v) is 7.35. The van der Waals surface area contributed by atoms with Gasteiger partial charge in [0.25, 0.3) is 0 Å². The van der Waals surface area contributed by atoms with E-state index in [1.165, 1.54) is 5.56 Å². The molecule has 1 saturated heterocycles. The molecule has 0 unspecified atom stereocenters. The molecule has 1 aliphatic heterocycles. The molecular weight excluding hydrogens is 362 g/mol. The van der Waals surface area contributed by atoms with Crippen molar-refractivity contribution in [2.75, 3.05) is 11.4 Å². The van der Waals surface area contributed by atoms with E-state index < -0.39 is 5.92 Å². The van der Waals surface area contributed by atoms with E-state index >= 15 is 0 Å². The summed E-state index contributed by atoms with van der Waals surface area (Å²) in [5, 5.41) is 0.642. The molecule has 0 saturated carbocycles. The Balaban J connectivity index is 1.56. The zero-order chi connectivity index (χ0) is 19.2. The third-order valence-corrected chi connectivity index (χ3v) is 5.07. The van der Waals surface area contributed by atoms with Gasteiger partial charge in [-0.05, 0) is 48.2 Å². The molecule has 1 aliphatic rings. The lowest BCUT2D eigenvalue weighted by Gasteiger charge is -2.17. The third kappa shape index (κ3) is 5.10. The zero-order valence-electron chi connectivity index (χ0n) is 15.5. The second kappa shape index (κ2) is 9.05. The number of amides is 1. The van der Waals surface area contributed by atoms with Gasteiger partial charge in [-0.25, -0.2) is 0 Å². The highest BCUT2D eigenvalue weighted by Gasteiger charge is 2.36. The average Bonchev–Trinajstić information content (AvgIpc) is 3.08. The number of ether oxygens (including phenoxy) is 1. The number of halogens is 1. The van der Waals surface area contributed by atoms with Crippen molar-refractivity contribution in [3.05, 3.63) is 64.7 Å². The summed E-state index contributed by atoms with van der Waals surface area (Å²) in [5.74, 6) is -0.797. The van der Waals surface area contributed by atoms with Crippen LogP contribution in [0, 0.1) is 5.92 Å². The largest absolute Gasteiger partial charge is 0.461 e. The van der Waals surface area contributed by atoms with Crippen LogP contribution in [0.2, 0.25) is 5.02 Å². The van der Waals surface area contributed by atoms with E-state index in [0.29, 0.717) is 11.6 Å². The molecule has 0 spiro atoms. The number of anilines is 1. The Morgan fingerprint density at radius 3 is 2.44 bits per heavy atom. The van der Waals surface area contributed by atoms with Gasteiger partial charge in [-0.15, -0.1) is 0 Å². The van der Waals surface area contributed by atoms with E-state index in [9.17, 15) is 9.59 Å². The fraction of sp³-hybridized carbons (Fsp3) is 0.364. The van der Waals surface area contributed by atoms with E-state index in [2.05, 4.69) is 19.1 Å². The first-order valence-electron chi connectivity index (χ1n) is 9.37. The molecule has 5 heteroatoms. The van der Waals surface area contributed by atoms with Crippen molar-refractivity contribution in [2.24, 2.45) is 5.92 Å². The first kappa shape index (κ1) is 19.4. The maximum Gasteiger partial charge on any atom is 0.311 e. The summed E-state index contributed by atoms with van der Waals surface area (Å²) in [6.07, 6.45) is 3.55. The molecule has 4 nitrogen and oxygen atoms in total. The lowest BCUT2D eigenvalue weighted by molar-refractivity contribution is -0.149. The predicted octanol–water partition coefficient (Wildman–Crippen LogP) is 4.78. The minimum Gasteiger partial charge on any atom is -0.461 e. The first-order valence-corrected chi connectivity index (χ1v) is 9.75. The van der Waals surface area contributed by atoms with Crippen molar-refractivity contribution in [3.63, 3.8) is 0 Å². The van der Waals surface area contributed by atoms with Gasteiger partial charge in [0, 0.05) is 23.7 Å². The van der Waals surface area contributed by atoms with E-state index in [4.69, 9.17) is 16.3 Å². The Bertz CT molecular complexity index is 786. The van der Waals surface area contributed by atoms with Crippen molar-refractivity contribution in [2.45, 2.75) is 39.2 Å². The zero-order valence-corrected chi connectivity index (χ0v) is 16.2. The molecular formula is C22H24ClNO3. The summed E-state index contributed by atoms with van der Waals surface area (Å²) in [7, 11) is 0. The lowest BCUT2D eigenvalue weighted by atomic mass is 10.1. The number of nitrogens with zero attached hydrogens (tertiary/aromatic N) is 1. The molecule has 142 valence electrons. The standard InChI is InChI=1S/C22H24ClNO3/c1-2-3-4-16-7-11-20(12-8-16)24-14-18(13-21(24)25)22(26)27-15-17-5-9-19(23)10-6-17/h5-12,18H,2-4,13-15H2,1H3/t18-/m0/s1. The van der Waals surface area contributed by atoms with Crippen LogP contribution < -0.4 is 4.90 Å². The van der Waals surface area contributed by atoms with Crippen LogP contribution in [-0.2, 0) is 27.4 Å². The summed E-state index contributed by atoms with van der Waals surface area (Å²) in [6, 6.07) is 15.2. The summed E-state index contributed by atoms with van der Waals surface area (Å²) >= 11 is 5.85. The molecule has 0 radical (unpaired) electrons. The number of benzene rings is 2. The second-order valence-electron chi connectivity index (χ2n) is 6.91. The Kier molecular flexibility index (Phi) is 6.51. The van der Waals surface area contributed by atoms with Crippen molar-refractivity contribution in [1.82, 2.24) is 0 Å². The van der Waals surface area contributed by atoms with Gasteiger partial charge in [0.05, 0.1) is 5.92 Å². The number of esters is 1. The van der Waals surface area contributed by atoms with Crippen LogP contribution in [0.4, 0.5) is 5.69 Å². The van der Waals surface area contributed by atoms with Gasteiger partial charge in [0.15, 0.2) is 0 Å². The predicted molar refractivity (Wildman–Crippen MR) is 107 cm³/mol. The van der Waals surface area contributed by atoms with E-state index in [1.54, 1.807) is 17.0 Å². The molecule has 0 aromatic heterocycles. The quantitative estimate of drug-likeness (QED) is 0.644. The van der Waals surface area contributed by atoms with Crippen LogP contribution in [0.3, 0.4) is 0 Å². The highest BCUT2D eigenvalue weighted by Crippen LogP contribution is 2.26. The van der Waals surface area contributed by atoms with Crippen LogP contribution in [0.5, 0.6) is 0 Å².